The maximum absolute atomic E-state index is 12.2. The second-order valence-corrected chi connectivity index (χ2v) is 5.00. The van der Waals surface area contributed by atoms with Crippen LogP contribution in [0.25, 0.3) is 0 Å². The predicted octanol–water partition coefficient (Wildman–Crippen LogP) is 1.16. The Labute approximate surface area is 116 Å². The number of Topliss-reactive ketones (excluding diaryl/α,β-unsaturated/α-hetero) is 1. The summed E-state index contributed by atoms with van der Waals surface area (Å²) >= 11 is 0. The Morgan fingerprint density at radius 2 is 1.95 bits per heavy atom. The van der Waals surface area contributed by atoms with Gasteiger partial charge >= 0.3 is 0 Å². The summed E-state index contributed by atoms with van der Waals surface area (Å²) in [6.45, 7) is 4.04. The van der Waals surface area contributed by atoms with Gasteiger partial charge in [-0.15, -0.1) is 0 Å². The first-order valence-electron chi connectivity index (χ1n) is 6.29. The Kier molecular flexibility index (Phi) is 2.67. The number of carbonyl (C=O) groups is 2. The molecular weight excluding hydrogens is 256 g/mol. The molecule has 0 unspecified atom stereocenters. The first kappa shape index (κ1) is 12.5. The van der Waals surface area contributed by atoms with E-state index in [1.54, 1.807) is 11.7 Å². The summed E-state index contributed by atoms with van der Waals surface area (Å²) in [5, 5.41) is 3.98. The molecule has 1 aliphatic rings. The molecule has 1 aliphatic heterocycles. The number of benzene rings is 1. The van der Waals surface area contributed by atoms with Gasteiger partial charge < -0.3 is 0 Å². The SMILES string of the molecule is Cc1cc(C)c2c(c1)N(Cc1ncnn1C)C(=O)C2=O. The molecule has 1 aromatic heterocycles. The van der Waals surface area contributed by atoms with Crippen molar-refractivity contribution >= 4 is 17.4 Å². The zero-order chi connectivity index (χ0) is 14.4. The standard InChI is InChI=1S/C14H14N4O2/c1-8-4-9(2)12-10(5-8)18(14(20)13(12)19)6-11-15-7-16-17(11)3/h4-5,7H,6H2,1-3H3. The van der Waals surface area contributed by atoms with Gasteiger partial charge in [0, 0.05) is 7.05 Å². The van der Waals surface area contributed by atoms with Crippen LogP contribution in [0, 0.1) is 13.8 Å². The number of aromatic nitrogens is 3. The molecule has 1 amide bonds. The number of rotatable bonds is 2. The number of fused-ring (bicyclic) bond motifs is 1. The van der Waals surface area contributed by atoms with Gasteiger partial charge in [-0.05, 0) is 31.0 Å². The molecule has 1 aromatic carbocycles. The summed E-state index contributed by atoms with van der Waals surface area (Å²) in [6.07, 6.45) is 1.43. The van der Waals surface area contributed by atoms with Crippen LogP contribution in [0.2, 0.25) is 0 Å². The Morgan fingerprint density at radius 1 is 1.20 bits per heavy atom. The third-order valence-electron chi connectivity index (χ3n) is 3.52. The lowest BCUT2D eigenvalue weighted by Gasteiger charge is -2.16. The second-order valence-electron chi connectivity index (χ2n) is 5.00. The van der Waals surface area contributed by atoms with Crippen LogP contribution in [-0.2, 0) is 18.4 Å². The molecule has 6 heteroatoms. The highest BCUT2D eigenvalue weighted by atomic mass is 16.2. The largest absolute Gasteiger partial charge is 0.299 e. The first-order valence-corrected chi connectivity index (χ1v) is 6.29. The quantitative estimate of drug-likeness (QED) is 0.768. The molecule has 2 heterocycles. The molecule has 0 saturated heterocycles. The molecule has 3 rings (SSSR count). The van der Waals surface area contributed by atoms with E-state index in [-0.39, 0.29) is 6.54 Å². The topological polar surface area (TPSA) is 68.1 Å². The van der Waals surface area contributed by atoms with Crippen molar-refractivity contribution in [2.45, 2.75) is 20.4 Å². The van der Waals surface area contributed by atoms with E-state index in [0.29, 0.717) is 17.1 Å². The molecular formula is C14H14N4O2. The number of anilines is 1. The van der Waals surface area contributed by atoms with Crippen LogP contribution in [0.5, 0.6) is 0 Å². The van der Waals surface area contributed by atoms with E-state index < -0.39 is 11.7 Å². The summed E-state index contributed by atoms with van der Waals surface area (Å²) < 4.78 is 1.60. The van der Waals surface area contributed by atoms with Crippen molar-refractivity contribution in [3.05, 3.63) is 41.0 Å². The van der Waals surface area contributed by atoms with Crippen molar-refractivity contribution in [3.63, 3.8) is 0 Å². The maximum atomic E-state index is 12.2. The molecule has 2 aromatic rings. The summed E-state index contributed by atoms with van der Waals surface area (Å²) in [7, 11) is 1.76. The van der Waals surface area contributed by atoms with Crippen molar-refractivity contribution in [3.8, 4) is 0 Å². The van der Waals surface area contributed by atoms with Crippen molar-refractivity contribution in [2.24, 2.45) is 7.05 Å². The first-order chi connectivity index (χ1) is 9.49. The average Bonchev–Trinajstić information content (AvgIpc) is 2.87. The van der Waals surface area contributed by atoms with E-state index >= 15 is 0 Å². The highest BCUT2D eigenvalue weighted by molar-refractivity contribution is 6.52. The minimum atomic E-state index is -0.503. The number of aryl methyl sites for hydroxylation is 3. The van der Waals surface area contributed by atoms with Gasteiger partial charge in [0.2, 0.25) is 0 Å². The van der Waals surface area contributed by atoms with E-state index in [4.69, 9.17) is 0 Å². The van der Waals surface area contributed by atoms with Crippen LogP contribution in [0.4, 0.5) is 5.69 Å². The van der Waals surface area contributed by atoms with Gasteiger partial charge in [-0.1, -0.05) is 6.07 Å². The molecule has 0 bridgehead atoms. The highest BCUT2D eigenvalue weighted by Gasteiger charge is 2.37. The molecule has 102 valence electrons. The minimum Gasteiger partial charge on any atom is -0.297 e. The summed E-state index contributed by atoms with van der Waals surface area (Å²) in [5.74, 6) is -0.311. The fourth-order valence-corrected chi connectivity index (χ4v) is 2.55. The number of carbonyl (C=O) groups excluding carboxylic acids is 2. The lowest BCUT2D eigenvalue weighted by molar-refractivity contribution is -0.114. The molecule has 0 atom stereocenters. The Hall–Kier alpha value is -2.50. The van der Waals surface area contributed by atoms with E-state index in [9.17, 15) is 9.59 Å². The summed E-state index contributed by atoms with van der Waals surface area (Å²) in [5.41, 5.74) is 3.02. The second kappa shape index (κ2) is 4.26. The molecule has 0 spiro atoms. The summed E-state index contributed by atoms with van der Waals surface area (Å²) in [4.78, 5) is 29.9. The Bertz CT molecular complexity index is 733. The molecule has 0 radical (unpaired) electrons. The average molecular weight is 270 g/mol. The van der Waals surface area contributed by atoms with Crippen molar-refractivity contribution in [1.82, 2.24) is 14.8 Å². The monoisotopic (exact) mass is 270 g/mol. The zero-order valence-electron chi connectivity index (χ0n) is 11.5. The number of ketones is 1. The van der Waals surface area contributed by atoms with Crippen LogP contribution < -0.4 is 4.90 Å². The summed E-state index contributed by atoms with van der Waals surface area (Å²) in [6, 6.07) is 3.78. The van der Waals surface area contributed by atoms with E-state index in [1.807, 2.05) is 26.0 Å². The molecule has 0 N–H and O–H groups in total. The van der Waals surface area contributed by atoms with E-state index in [0.717, 1.165) is 11.1 Å². The third kappa shape index (κ3) is 1.72. The number of hydrogen-bond acceptors (Lipinski definition) is 4. The number of nitrogens with zero attached hydrogens (tertiary/aromatic N) is 4. The number of amides is 1. The van der Waals surface area contributed by atoms with Crippen LogP contribution in [0.1, 0.15) is 27.3 Å². The fourth-order valence-electron chi connectivity index (χ4n) is 2.55. The van der Waals surface area contributed by atoms with Gasteiger partial charge in [0.25, 0.3) is 11.7 Å². The lowest BCUT2D eigenvalue weighted by atomic mass is 10.0. The van der Waals surface area contributed by atoms with Gasteiger partial charge in [-0.3, -0.25) is 19.2 Å². The molecule has 0 aliphatic carbocycles. The van der Waals surface area contributed by atoms with Crippen LogP contribution in [0.15, 0.2) is 18.5 Å². The molecule has 20 heavy (non-hydrogen) atoms. The highest BCUT2D eigenvalue weighted by Crippen LogP contribution is 2.33. The lowest BCUT2D eigenvalue weighted by Crippen LogP contribution is -2.30. The van der Waals surface area contributed by atoms with Gasteiger partial charge in [-0.2, -0.15) is 5.10 Å². The van der Waals surface area contributed by atoms with Crippen LogP contribution >= 0.6 is 0 Å². The van der Waals surface area contributed by atoms with Crippen LogP contribution in [0.3, 0.4) is 0 Å². The van der Waals surface area contributed by atoms with E-state index in [1.165, 1.54) is 11.2 Å². The zero-order valence-corrected chi connectivity index (χ0v) is 11.5. The van der Waals surface area contributed by atoms with E-state index in [2.05, 4.69) is 10.1 Å². The van der Waals surface area contributed by atoms with Crippen molar-refractivity contribution in [2.75, 3.05) is 4.90 Å². The molecule has 0 saturated carbocycles. The Balaban J connectivity index is 2.09. The van der Waals surface area contributed by atoms with Gasteiger partial charge in [-0.25, -0.2) is 4.98 Å². The van der Waals surface area contributed by atoms with Gasteiger partial charge in [0.05, 0.1) is 17.8 Å². The fraction of sp³-hybridized carbons (Fsp3) is 0.286. The van der Waals surface area contributed by atoms with Crippen LogP contribution in [-0.4, -0.2) is 26.5 Å². The predicted molar refractivity (Wildman–Crippen MR) is 72.4 cm³/mol. The van der Waals surface area contributed by atoms with Crippen molar-refractivity contribution in [1.29, 1.82) is 0 Å². The molecule has 0 fully saturated rings. The van der Waals surface area contributed by atoms with Gasteiger partial charge in [0.15, 0.2) is 0 Å². The Morgan fingerprint density at radius 3 is 2.60 bits per heavy atom. The molecule has 6 nitrogen and oxygen atoms in total. The third-order valence-corrected chi connectivity index (χ3v) is 3.52. The van der Waals surface area contributed by atoms with Crippen molar-refractivity contribution < 1.29 is 9.59 Å². The number of hydrogen-bond donors (Lipinski definition) is 0. The smallest absolute Gasteiger partial charge is 0.297 e. The minimum absolute atomic E-state index is 0.247. The van der Waals surface area contributed by atoms with Gasteiger partial charge in [0.1, 0.15) is 12.2 Å². The normalized spacial score (nSPS) is 14.1. The maximum Gasteiger partial charge on any atom is 0.299 e.